The summed E-state index contributed by atoms with van der Waals surface area (Å²) in [4.78, 5) is 2.75. The highest BCUT2D eigenvalue weighted by molar-refractivity contribution is 7.80. The highest BCUT2D eigenvalue weighted by atomic mass is 32.1. The minimum absolute atomic E-state index is 0.450. The minimum Gasteiger partial charge on any atom is -0.389 e. The first-order valence-electron chi connectivity index (χ1n) is 5.23. The van der Waals surface area contributed by atoms with E-state index in [2.05, 4.69) is 31.7 Å². The fraction of sp³-hybridized carbons (Fsp3) is 0.417. The summed E-state index contributed by atoms with van der Waals surface area (Å²) < 4.78 is 0. The molecule has 0 saturated carbocycles. The van der Waals surface area contributed by atoms with Crippen LogP contribution in [0.2, 0.25) is 0 Å². The number of benzene rings is 1. The van der Waals surface area contributed by atoms with Crippen molar-refractivity contribution >= 4 is 22.9 Å². The van der Waals surface area contributed by atoms with Crippen LogP contribution in [-0.4, -0.2) is 17.6 Å². The average molecular weight is 222 g/mol. The van der Waals surface area contributed by atoms with E-state index in [4.69, 9.17) is 18.0 Å². The van der Waals surface area contributed by atoms with Crippen LogP contribution in [0.3, 0.4) is 0 Å². The Kier molecular flexibility index (Phi) is 4.09. The van der Waals surface area contributed by atoms with Crippen LogP contribution in [0.4, 0.5) is 5.69 Å². The van der Waals surface area contributed by atoms with Crippen LogP contribution in [0.5, 0.6) is 0 Å². The molecule has 82 valence electrons. The molecule has 2 N–H and O–H groups in total. The van der Waals surface area contributed by atoms with Gasteiger partial charge >= 0.3 is 0 Å². The first-order valence-corrected chi connectivity index (χ1v) is 5.64. The lowest BCUT2D eigenvalue weighted by atomic mass is 10.1. The Morgan fingerprint density at radius 1 is 1.40 bits per heavy atom. The maximum absolute atomic E-state index is 5.71. The molecule has 0 radical (unpaired) electrons. The fourth-order valence-corrected chi connectivity index (χ4v) is 1.92. The van der Waals surface area contributed by atoms with Crippen molar-refractivity contribution in [2.24, 2.45) is 5.73 Å². The largest absolute Gasteiger partial charge is 0.389 e. The second-order valence-electron chi connectivity index (χ2n) is 3.76. The molecule has 0 atom stereocenters. The molecule has 0 unspecified atom stereocenters. The van der Waals surface area contributed by atoms with E-state index in [1.165, 1.54) is 0 Å². The number of hydrogen-bond donors (Lipinski definition) is 1. The van der Waals surface area contributed by atoms with E-state index in [-0.39, 0.29) is 0 Å². The molecule has 1 rings (SSSR count). The Morgan fingerprint density at radius 3 is 2.47 bits per heavy atom. The highest BCUT2D eigenvalue weighted by Crippen LogP contribution is 2.22. The normalized spacial score (nSPS) is 10.4. The maximum Gasteiger partial charge on any atom is 0.106 e. The first-order chi connectivity index (χ1) is 7.07. The molecule has 0 heterocycles. The third-order valence-electron chi connectivity index (χ3n) is 2.44. The number of nitrogens with two attached hydrogens (primary N) is 1. The highest BCUT2D eigenvalue weighted by Gasteiger charge is 2.13. The second-order valence-corrected chi connectivity index (χ2v) is 4.20. The first kappa shape index (κ1) is 12.0. The topological polar surface area (TPSA) is 29.3 Å². The van der Waals surface area contributed by atoms with Gasteiger partial charge in [-0.2, -0.15) is 0 Å². The predicted molar refractivity (Wildman–Crippen MR) is 70.5 cm³/mol. The molecule has 0 aliphatic heterocycles. The molecule has 0 aliphatic rings. The predicted octanol–water partition coefficient (Wildman–Crippen LogP) is 2.56. The standard InChI is InChI=1S/C12H18N2S/c1-4-14(9(2)3)11-8-6-5-7-10(11)12(13)15/h5-9H,4H2,1-3H3,(H2,13,15). The minimum atomic E-state index is 0.450. The summed E-state index contributed by atoms with van der Waals surface area (Å²) in [6.45, 7) is 7.42. The number of rotatable bonds is 4. The molecule has 15 heavy (non-hydrogen) atoms. The van der Waals surface area contributed by atoms with Gasteiger partial charge in [-0.3, -0.25) is 0 Å². The van der Waals surface area contributed by atoms with Gasteiger partial charge in [0.15, 0.2) is 0 Å². The van der Waals surface area contributed by atoms with Crippen LogP contribution in [0.25, 0.3) is 0 Å². The summed E-state index contributed by atoms with van der Waals surface area (Å²) in [6, 6.07) is 8.47. The van der Waals surface area contributed by atoms with Crippen molar-refractivity contribution in [2.45, 2.75) is 26.8 Å². The molecule has 1 aromatic carbocycles. The van der Waals surface area contributed by atoms with E-state index in [1.807, 2.05) is 18.2 Å². The molecule has 1 aromatic rings. The number of thiocarbonyl (C=S) groups is 1. The molecule has 0 fully saturated rings. The summed E-state index contributed by atoms with van der Waals surface area (Å²) in [6.07, 6.45) is 0. The van der Waals surface area contributed by atoms with Crippen molar-refractivity contribution in [1.29, 1.82) is 0 Å². The van der Waals surface area contributed by atoms with Crippen LogP contribution in [0, 0.1) is 0 Å². The Hall–Kier alpha value is -1.09. The third kappa shape index (κ3) is 2.69. The smallest absolute Gasteiger partial charge is 0.106 e. The van der Waals surface area contributed by atoms with Gasteiger partial charge in [0, 0.05) is 23.8 Å². The van der Waals surface area contributed by atoms with Gasteiger partial charge in [0.1, 0.15) is 4.99 Å². The molecule has 0 bridgehead atoms. The molecule has 0 aliphatic carbocycles. The van der Waals surface area contributed by atoms with E-state index in [1.54, 1.807) is 0 Å². The van der Waals surface area contributed by atoms with E-state index in [0.717, 1.165) is 17.8 Å². The fourth-order valence-electron chi connectivity index (χ4n) is 1.75. The van der Waals surface area contributed by atoms with Crippen LogP contribution in [-0.2, 0) is 0 Å². The monoisotopic (exact) mass is 222 g/mol. The van der Waals surface area contributed by atoms with E-state index in [0.29, 0.717) is 11.0 Å². The second kappa shape index (κ2) is 5.12. The van der Waals surface area contributed by atoms with Crippen molar-refractivity contribution in [1.82, 2.24) is 0 Å². The number of anilines is 1. The molecule has 0 aromatic heterocycles. The van der Waals surface area contributed by atoms with Crippen LogP contribution < -0.4 is 10.6 Å². The molecular formula is C12H18N2S. The number of nitrogens with zero attached hydrogens (tertiary/aromatic N) is 1. The van der Waals surface area contributed by atoms with Crippen molar-refractivity contribution < 1.29 is 0 Å². The summed E-state index contributed by atoms with van der Waals surface area (Å²) >= 11 is 5.05. The maximum atomic E-state index is 5.71. The van der Waals surface area contributed by atoms with Crippen molar-refractivity contribution in [3.8, 4) is 0 Å². The Labute approximate surface area is 97.1 Å². The molecule has 0 amide bonds. The van der Waals surface area contributed by atoms with Crippen LogP contribution in [0.1, 0.15) is 26.3 Å². The van der Waals surface area contributed by atoms with Crippen molar-refractivity contribution in [3.05, 3.63) is 29.8 Å². The Bertz CT molecular complexity index is 347. The molecular weight excluding hydrogens is 204 g/mol. The van der Waals surface area contributed by atoms with Crippen molar-refractivity contribution in [2.75, 3.05) is 11.4 Å². The molecule has 0 saturated heterocycles. The van der Waals surface area contributed by atoms with Gasteiger partial charge in [-0.25, -0.2) is 0 Å². The van der Waals surface area contributed by atoms with Crippen molar-refractivity contribution in [3.63, 3.8) is 0 Å². The average Bonchev–Trinajstić information content (AvgIpc) is 2.18. The molecule has 3 heteroatoms. The number of hydrogen-bond acceptors (Lipinski definition) is 2. The zero-order valence-electron chi connectivity index (χ0n) is 9.53. The SMILES string of the molecule is CCN(c1ccccc1C(N)=S)C(C)C. The lowest BCUT2D eigenvalue weighted by Gasteiger charge is -2.29. The van der Waals surface area contributed by atoms with Crippen LogP contribution >= 0.6 is 12.2 Å². The lowest BCUT2D eigenvalue weighted by Crippen LogP contribution is -2.32. The van der Waals surface area contributed by atoms with Gasteiger partial charge in [-0.15, -0.1) is 0 Å². The van der Waals surface area contributed by atoms with Gasteiger partial charge in [0.2, 0.25) is 0 Å². The zero-order valence-corrected chi connectivity index (χ0v) is 10.3. The Morgan fingerprint density at radius 2 is 2.00 bits per heavy atom. The summed E-state index contributed by atoms with van der Waals surface area (Å²) in [7, 11) is 0. The lowest BCUT2D eigenvalue weighted by molar-refractivity contribution is 0.703. The zero-order chi connectivity index (χ0) is 11.4. The number of para-hydroxylation sites is 1. The quantitative estimate of drug-likeness (QED) is 0.794. The van der Waals surface area contributed by atoms with Gasteiger partial charge in [-0.1, -0.05) is 24.4 Å². The van der Waals surface area contributed by atoms with Gasteiger partial charge in [0.05, 0.1) is 0 Å². The Balaban J connectivity index is 3.16. The molecule has 2 nitrogen and oxygen atoms in total. The summed E-state index contributed by atoms with van der Waals surface area (Å²) in [5.41, 5.74) is 7.80. The van der Waals surface area contributed by atoms with Crippen LogP contribution in [0.15, 0.2) is 24.3 Å². The van der Waals surface area contributed by atoms with E-state index >= 15 is 0 Å². The van der Waals surface area contributed by atoms with Gasteiger partial charge in [-0.05, 0) is 32.9 Å². The van der Waals surface area contributed by atoms with Gasteiger partial charge < -0.3 is 10.6 Å². The molecule has 0 spiro atoms. The summed E-state index contributed by atoms with van der Waals surface area (Å²) in [5.74, 6) is 0. The van der Waals surface area contributed by atoms with E-state index < -0.39 is 0 Å². The summed E-state index contributed by atoms with van der Waals surface area (Å²) in [5, 5.41) is 0. The third-order valence-corrected chi connectivity index (χ3v) is 2.66. The van der Waals surface area contributed by atoms with Gasteiger partial charge in [0.25, 0.3) is 0 Å². The van der Waals surface area contributed by atoms with E-state index in [9.17, 15) is 0 Å².